The largest absolute Gasteiger partial charge is 0.303 e. The molecule has 2 rings (SSSR count). The fourth-order valence-corrected chi connectivity index (χ4v) is 5.16. The van der Waals surface area contributed by atoms with E-state index < -0.39 is 10.0 Å². The smallest absolute Gasteiger partial charge is 0.252 e. The first-order valence-electron chi connectivity index (χ1n) is 6.69. The summed E-state index contributed by atoms with van der Waals surface area (Å²) in [5, 5.41) is 8.81. The molecule has 0 spiro atoms. The van der Waals surface area contributed by atoms with Crippen LogP contribution in [0.1, 0.15) is 24.6 Å². The molecule has 1 fully saturated rings. The monoisotopic (exact) mass is 313 g/mol. The summed E-state index contributed by atoms with van der Waals surface area (Å²) in [5.74, 6) is 0. The Morgan fingerprint density at radius 3 is 2.60 bits per heavy atom. The standard InChI is InChI=1S/C13H19N3O2S2/c1-3-16-8-6-11(7-9-16)15(2)20(17,18)13-5-4-12(10-14)19-13/h4-5,11H,3,6-9H2,1-2H3. The van der Waals surface area contributed by atoms with Crippen molar-refractivity contribution in [3.8, 4) is 6.07 Å². The second-order valence-electron chi connectivity index (χ2n) is 4.92. The molecule has 0 aliphatic carbocycles. The van der Waals surface area contributed by atoms with E-state index in [1.165, 1.54) is 10.4 Å². The maximum absolute atomic E-state index is 12.5. The van der Waals surface area contributed by atoms with E-state index in [1.54, 1.807) is 13.1 Å². The van der Waals surface area contributed by atoms with E-state index in [4.69, 9.17) is 5.26 Å². The Labute approximate surface area is 124 Å². The van der Waals surface area contributed by atoms with Crippen molar-refractivity contribution in [1.29, 1.82) is 5.26 Å². The predicted molar refractivity (Wildman–Crippen MR) is 79.1 cm³/mol. The number of likely N-dealkylation sites (tertiary alicyclic amines) is 1. The van der Waals surface area contributed by atoms with E-state index in [2.05, 4.69) is 11.8 Å². The van der Waals surface area contributed by atoms with Crippen molar-refractivity contribution in [3.05, 3.63) is 17.0 Å². The second-order valence-corrected chi connectivity index (χ2v) is 8.23. The first kappa shape index (κ1) is 15.4. The van der Waals surface area contributed by atoms with Crippen LogP contribution >= 0.6 is 11.3 Å². The summed E-state index contributed by atoms with van der Waals surface area (Å²) in [4.78, 5) is 2.76. The molecule has 0 saturated carbocycles. The van der Waals surface area contributed by atoms with E-state index in [0.29, 0.717) is 4.88 Å². The zero-order valence-electron chi connectivity index (χ0n) is 11.7. The van der Waals surface area contributed by atoms with Gasteiger partial charge in [0.2, 0.25) is 0 Å². The van der Waals surface area contributed by atoms with Crippen LogP contribution in [0, 0.1) is 11.3 Å². The molecule has 1 aromatic rings. The molecule has 0 unspecified atom stereocenters. The number of rotatable bonds is 4. The summed E-state index contributed by atoms with van der Waals surface area (Å²) in [5.41, 5.74) is 0. The van der Waals surface area contributed by atoms with Crippen LogP contribution < -0.4 is 0 Å². The minimum Gasteiger partial charge on any atom is -0.303 e. The number of thiophene rings is 1. The van der Waals surface area contributed by atoms with Gasteiger partial charge in [0.05, 0.1) is 0 Å². The third-order valence-corrected chi connectivity index (χ3v) is 7.21. The molecule has 110 valence electrons. The molecule has 5 nitrogen and oxygen atoms in total. The Balaban J connectivity index is 2.12. The van der Waals surface area contributed by atoms with E-state index in [-0.39, 0.29) is 10.3 Å². The van der Waals surface area contributed by atoms with Crippen LogP contribution in [-0.4, -0.2) is 50.3 Å². The minimum atomic E-state index is -3.47. The minimum absolute atomic E-state index is 0.0513. The number of hydrogen-bond acceptors (Lipinski definition) is 5. The maximum Gasteiger partial charge on any atom is 0.252 e. The van der Waals surface area contributed by atoms with Gasteiger partial charge in [-0.1, -0.05) is 6.92 Å². The van der Waals surface area contributed by atoms with Gasteiger partial charge in [0.15, 0.2) is 0 Å². The second kappa shape index (κ2) is 6.22. The van der Waals surface area contributed by atoms with E-state index in [0.717, 1.165) is 43.8 Å². The fourth-order valence-electron chi connectivity index (χ4n) is 2.46. The third kappa shape index (κ3) is 3.04. The lowest BCUT2D eigenvalue weighted by molar-refractivity contribution is 0.176. The average molecular weight is 313 g/mol. The van der Waals surface area contributed by atoms with Crippen LogP contribution in [-0.2, 0) is 10.0 Å². The van der Waals surface area contributed by atoms with E-state index >= 15 is 0 Å². The summed E-state index contributed by atoms with van der Waals surface area (Å²) < 4.78 is 26.8. The summed E-state index contributed by atoms with van der Waals surface area (Å²) >= 11 is 1.04. The normalized spacial score (nSPS) is 18.3. The molecule has 0 N–H and O–H groups in total. The van der Waals surface area contributed by atoms with Gasteiger partial charge in [0.25, 0.3) is 10.0 Å². The van der Waals surface area contributed by atoms with Crippen molar-refractivity contribution in [2.24, 2.45) is 0 Å². The molecule has 0 aromatic carbocycles. The highest BCUT2D eigenvalue weighted by Gasteiger charge is 2.31. The average Bonchev–Trinajstić information content (AvgIpc) is 2.96. The molecule has 1 aliphatic heterocycles. The van der Waals surface area contributed by atoms with Crippen LogP contribution in [0.5, 0.6) is 0 Å². The highest BCUT2D eigenvalue weighted by molar-refractivity contribution is 7.91. The van der Waals surface area contributed by atoms with Crippen molar-refractivity contribution in [3.63, 3.8) is 0 Å². The maximum atomic E-state index is 12.5. The third-order valence-electron chi connectivity index (χ3n) is 3.84. The lowest BCUT2D eigenvalue weighted by atomic mass is 10.1. The van der Waals surface area contributed by atoms with Crippen LogP contribution in [0.3, 0.4) is 0 Å². The van der Waals surface area contributed by atoms with Crippen molar-refractivity contribution >= 4 is 21.4 Å². The van der Waals surface area contributed by atoms with Gasteiger partial charge in [-0.3, -0.25) is 0 Å². The first-order chi connectivity index (χ1) is 9.48. The molecule has 0 radical (unpaired) electrons. The van der Waals surface area contributed by atoms with Crippen LogP contribution in [0.4, 0.5) is 0 Å². The molecular weight excluding hydrogens is 294 g/mol. The zero-order valence-corrected chi connectivity index (χ0v) is 13.4. The Morgan fingerprint density at radius 1 is 1.45 bits per heavy atom. The van der Waals surface area contributed by atoms with Crippen molar-refractivity contribution in [2.45, 2.75) is 30.0 Å². The number of nitrogens with zero attached hydrogens (tertiary/aromatic N) is 3. The Kier molecular flexibility index (Phi) is 4.81. The number of sulfonamides is 1. The lowest BCUT2D eigenvalue weighted by Gasteiger charge is -2.35. The molecule has 2 heterocycles. The van der Waals surface area contributed by atoms with Gasteiger partial charge in [-0.25, -0.2) is 8.42 Å². The molecule has 20 heavy (non-hydrogen) atoms. The van der Waals surface area contributed by atoms with Gasteiger partial charge < -0.3 is 4.90 Å². The van der Waals surface area contributed by atoms with Crippen LogP contribution in [0.25, 0.3) is 0 Å². The SMILES string of the molecule is CCN1CCC(N(C)S(=O)(=O)c2ccc(C#N)s2)CC1. The van der Waals surface area contributed by atoms with E-state index in [1.807, 2.05) is 6.07 Å². The van der Waals surface area contributed by atoms with Crippen molar-refractivity contribution in [1.82, 2.24) is 9.21 Å². The van der Waals surface area contributed by atoms with Gasteiger partial charge >= 0.3 is 0 Å². The Hall–Kier alpha value is -0.940. The first-order valence-corrected chi connectivity index (χ1v) is 8.95. The topological polar surface area (TPSA) is 64.4 Å². The summed E-state index contributed by atoms with van der Waals surface area (Å²) in [6, 6.07) is 5.12. The number of nitriles is 1. The van der Waals surface area contributed by atoms with Gasteiger partial charge in [-0.2, -0.15) is 9.57 Å². The molecule has 0 amide bonds. The highest BCUT2D eigenvalue weighted by Crippen LogP contribution is 2.27. The lowest BCUT2D eigenvalue weighted by Crippen LogP contribution is -2.45. The molecule has 0 bridgehead atoms. The summed E-state index contributed by atoms with van der Waals surface area (Å²) in [7, 11) is -1.82. The number of piperidine rings is 1. The Morgan fingerprint density at radius 2 is 2.10 bits per heavy atom. The molecular formula is C13H19N3O2S2. The summed E-state index contributed by atoms with van der Waals surface area (Å²) in [6.45, 7) is 5.01. The molecule has 0 atom stereocenters. The molecule has 1 aliphatic rings. The van der Waals surface area contributed by atoms with Gasteiger partial charge in [0.1, 0.15) is 15.2 Å². The van der Waals surface area contributed by atoms with Crippen LogP contribution in [0.15, 0.2) is 16.3 Å². The van der Waals surface area contributed by atoms with Crippen molar-refractivity contribution in [2.75, 3.05) is 26.7 Å². The van der Waals surface area contributed by atoms with Gasteiger partial charge in [-0.15, -0.1) is 11.3 Å². The Bertz CT molecular complexity index is 595. The van der Waals surface area contributed by atoms with Crippen molar-refractivity contribution < 1.29 is 8.42 Å². The van der Waals surface area contributed by atoms with Crippen LogP contribution in [0.2, 0.25) is 0 Å². The van der Waals surface area contributed by atoms with Gasteiger partial charge in [0, 0.05) is 13.1 Å². The predicted octanol–water partition coefficient (Wildman–Crippen LogP) is 1.72. The molecule has 1 aromatic heterocycles. The molecule has 7 heteroatoms. The fraction of sp³-hybridized carbons (Fsp3) is 0.615. The van der Waals surface area contributed by atoms with Gasteiger partial charge in [-0.05, 0) is 44.6 Å². The summed E-state index contributed by atoms with van der Waals surface area (Å²) in [6.07, 6.45) is 1.72. The zero-order chi connectivity index (χ0) is 14.8. The van der Waals surface area contributed by atoms with E-state index in [9.17, 15) is 8.42 Å². The quantitative estimate of drug-likeness (QED) is 0.849. The molecule has 1 saturated heterocycles. The highest BCUT2D eigenvalue weighted by atomic mass is 32.2. The number of hydrogen-bond donors (Lipinski definition) is 0.